The van der Waals surface area contributed by atoms with Crippen molar-refractivity contribution in [2.24, 2.45) is 5.41 Å². The van der Waals surface area contributed by atoms with Crippen LogP contribution in [0.15, 0.2) is 83.6 Å². The first-order chi connectivity index (χ1) is 11.7. The molecule has 0 saturated carbocycles. The second-order valence-electron chi connectivity index (χ2n) is 7.47. The third kappa shape index (κ3) is 4.76. The van der Waals surface area contributed by atoms with Crippen LogP contribution in [-0.2, 0) is 0 Å². The number of allylic oxidation sites excluding steroid dienone is 8. The van der Waals surface area contributed by atoms with E-state index in [-0.39, 0.29) is 5.41 Å². The standard InChI is InChI=1S/C23H28ClN/c1-7-20(24)14-13-17(2)18(3)22(19-11-9-8-10-12-19)21-15-23(4,5)16-25(21)6/h7-14H,1,3,15-16H2,2,4-6H3/b17-13+,20-14+,22-21+. The molecule has 25 heavy (non-hydrogen) atoms. The van der Waals surface area contributed by atoms with Crippen molar-refractivity contribution in [1.82, 2.24) is 4.90 Å². The molecule has 1 saturated heterocycles. The Kier molecular flexibility index (Phi) is 6.13. The molecule has 0 spiro atoms. The lowest BCUT2D eigenvalue weighted by atomic mass is 9.87. The lowest BCUT2D eigenvalue weighted by Gasteiger charge is -2.21. The van der Waals surface area contributed by atoms with Crippen molar-refractivity contribution in [1.29, 1.82) is 0 Å². The second-order valence-corrected chi connectivity index (χ2v) is 7.91. The molecule has 1 aliphatic heterocycles. The first-order valence-corrected chi connectivity index (χ1v) is 8.99. The van der Waals surface area contributed by atoms with Crippen molar-refractivity contribution < 1.29 is 0 Å². The van der Waals surface area contributed by atoms with Gasteiger partial charge >= 0.3 is 0 Å². The van der Waals surface area contributed by atoms with Crippen LogP contribution in [0.3, 0.4) is 0 Å². The van der Waals surface area contributed by atoms with Gasteiger partial charge in [-0.3, -0.25) is 0 Å². The average Bonchev–Trinajstić information content (AvgIpc) is 2.85. The minimum absolute atomic E-state index is 0.272. The van der Waals surface area contributed by atoms with E-state index in [4.69, 9.17) is 11.6 Å². The van der Waals surface area contributed by atoms with Crippen LogP contribution in [0.1, 0.15) is 32.8 Å². The van der Waals surface area contributed by atoms with Crippen molar-refractivity contribution >= 4 is 17.2 Å². The zero-order valence-electron chi connectivity index (χ0n) is 15.8. The van der Waals surface area contributed by atoms with Crippen LogP contribution in [0.4, 0.5) is 0 Å². The molecule has 1 aromatic carbocycles. The van der Waals surface area contributed by atoms with Crippen LogP contribution in [-0.4, -0.2) is 18.5 Å². The van der Waals surface area contributed by atoms with Crippen LogP contribution in [0, 0.1) is 5.41 Å². The molecule has 132 valence electrons. The lowest BCUT2D eigenvalue weighted by Crippen LogP contribution is -2.18. The van der Waals surface area contributed by atoms with Crippen molar-refractivity contribution in [2.75, 3.05) is 13.6 Å². The Morgan fingerprint density at radius 1 is 1.20 bits per heavy atom. The first kappa shape index (κ1) is 19.3. The first-order valence-electron chi connectivity index (χ1n) is 8.61. The van der Waals surface area contributed by atoms with Gasteiger partial charge in [-0.15, -0.1) is 0 Å². The summed E-state index contributed by atoms with van der Waals surface area (Å²) in [5.74, 6) is 0. The zero-order chi connectivity index (χ0) is 18.6. The summed E-state index contributed by atoms with van der Waals surface area (Å²) >= 11 is 6.05. The molecule has 0 atom stereocenters. The minimum atomic E-state index is 0.272. The van der Waals surface area contributed by atoms with E-state index in [0.717, 1.165) is 24.1 Å². The Hall–Kier alpha value is -1.99. The predicted molar refractivity (Wildman–Crippen MR) is 111 cm³/mol. The van der Waals surface area contributed by atoms with Gasteiger partial charge in [0.25, 0.3) is 0 Å². The molecule has 1 fully saturated rings. The summed E-state index contributed by atoms with van der Waals surface area (Å²) in [4.78, 5) is 2.37. The normalized spacial score (nSPS) is 19.8. The maximum absolute atomic E-state index is 6.05. The summed E-state index contributed by atoms with van der Waals surface area (Å²) in [7, 11) is 2.17. The molecule has 0 N–H and O–H groups in total. The molecule has 1 nitrogen and oxygen atoms in total. The largest absolute Gasteiger partial charge is 0.377 e. The maximum atomic E-state index is 6.05. The summed E-state index contributed by atoms with van der Waals surface area (Å²) in [5.41, 5.74) is 6.20. The molecule has 0 unspecified atom stereocenters. The van der Waals surface area contributed by atoms with E-state index in [1.165, 1.54) is 16.8 Å². The number of hydrogen-bond donors (Lipinski definition) is 0. The molecule has 1 aliphatic rings. The monoisotopic (exact) mass is 353 g/mol. The minimum Gasteiger partial charge on any atom is -0.377 e. The van der Waals surface area contributed by atoms with Crippen molar-refractivity contribution in [2.45, 2.75) is 27.2 Å². The summed E-state index contributed by atoms with van der Waals surface area (Å²) in [6.07, 6.45) is 6.56. The number of likely N-dealkylation sites (tertiary alicyclic amines) is 1. The Bertz CT molecular complexity index is 748. The van der Waals surface area contributed by atoms with Crippen LogP contribution in [0.25, 0.3) is 5.57 Å². The highest BCUT2D eigenvalue weighted by Gasteiger charge is 2.33. The second kappa shape index (κ2) is 7.93. The van der Waals surface area contributed by atoms with Gasteiger partial charge in [0.15, 0.2) is 0 Å². The van der Waals surface area contributed by atoms with E-state index in [1.54, 1.807) is 6.08 Å². The molecule has 1 heterocycles. The van der Waals surface area contributed by atoms with Gasteiger partial charge in [-0.25, -0.2) is 0 Å². The fraction of sp³-hybridized carbons (Fsp3) is 0.304. The third-order valence-electron chi connectivity index (χ3n) is 4.59. The van der Waals surface area contributed by atoms with E-state index in [9.17, 15) is 0 Å². The van der Waals surface area contributed by atoms with Gasteiger partial charge in [0.2, 0.25) is 0 Å². The topological polar surface area (TPSA) is 3.24 Å². The van der Waals surface area contributed by atoms with E-state index in [1.807, 2.05) is 18.2 Å². The Morgan fingerprint density at radius 2 is 1.84 bits per heavy atom. The van der Waals surface area contributed by atoms with Gasteiger partial charge in [-0.05, 0) is 41.5 Å². The maximum Gasteiger partial charge on any atom is 0.0400 e. The van der Waals surface area contributed by atoms with Crippen LogP contribution in [0.2, 0.25) is 0 Å². The molecule has 0 bridgehead atoms. The Balaban J connectivity index is 2.54. The summed E-state index contributed by atoms with van der Waals surface area (Å²) in [5, 5.41) is 0.625. The van der Waals surface area contributed by atoms with Crippen molar-refractivity contribution in [3.05, 3.63) is 89.2 Å². The fourth-order valence-corrected chi connectivity index (χ4v) is 3.41. The van der Waals surface area contributed by atoms with Crippen LogP contribution in [0.5, 0.6) is 0 Å². The molecule has 0 radical (unpaired) electrons. The average molecular weight is 354 g/mol. The summed E-state index contributed by atoms with van der Waals surface area (Å²) in [6.45, 7) is 15.9. The SMILES string of the molecule is C=C/C(Cl)=C\C=C(/C)C(=C)/C(=C1/CC(C)(C)CN1C)c1ccccc1. The number of halogens is 1. The number of benzene rings is 1. The zero-order valence-corrected chi connectivity index (χ0v) is 16.5. The number of hydrogen-bond acceptors (Lipinski definition) is 1. The third-order valence-corrected chi connectivity index (χ3v) is 4.87. The quantitative estimate of drug-likeness (QED) is 0.541. The highest BCUT2D eigenvalue weighted by molar-refractivity contribution is 6.31. The van der Waals surface area contributed by atoms with Gasteiger partial charge in [-0.2, -0.15) is 0 Å². The van der Waals surface area contributed by atoms with E-state index >= 15 is 0 Å². The molecule has 2 heteroatoms. The molecule has 2 rings (SSSR count). The lowest BCUT2D eigenvalue weighted by molar-refractivity contribution is 0.345. The predicted octanol–water partition coefficient (Wildman–Crippen LogP) is 6.57. The molecule has 1 aromatic rings. The molecule has 0 aliphatic carbocycles. The van der Waals surface area contributed by atoms with Gasteiger partial charge in [0, 0.05) is 29.9 Å². The molecule has 0 aromatic heterocycles. The highest BCUT2D eigenvalue weighted by atomic mass is 35.5. The fourth-order valence-electron chi connectivity index (χ4n) is 3.35. The van der Waals surface area contributed by atoms with Gasteiger partial charge in [0.1, 0.15) is 0 Å². The van der Waals surface area contributed by atoms with Gasteiger partial charge in [0.05, 0.1) is 0 Å². The van der Waals surface area contributed by atoms with E-state index in [2.05, 4.69) is 70.1 Å². The van der Waals surface area contributed by atoms with Crippen LogP contribution < -0.4 is 0 Å². The Labute approximate surface area is 157 Å². The molecular formula is C23H28ClN. The van der Waals surface area contributed by atoms with Crippen molar-refractivity contribution in [3.63, 3.8) is 0 Å². The smallest absolute Gasteiger partial charge is 0.0400 e. The van der Waals surface area contributed by atoms with Crippen LogP contribution >= 0.6 is 11.6 Å². The number of rotatable bonds is 5. The molecular weight excluding hydrogens is 326 g/mol. The van der Waals surface area contributed by atoms with Gasteiger partial charge < -0.3 is 4.90 Å². The van der Waals surface area contributed by atoms with E-state index in [0.29, 0.717) is 5.03 Å². The number of nitrogens with zero attached hydrogens (tertiary/aromatic N) is 1. The Morgan fingerprint density at radius 3 is 2.36 bits per heavy atom. The van der Waals surface area contributed by atoms with E-state index < -0.39 is 0 Å². The summed E-state index contributed by atoms with van der Waals surface area (Å²) < 4.78 is 0. The molecule has 0 amide bonds. The van der Waals surface area contributed by atoms with Gasteiger partial charge in [-0.1, -0.05) is 81.1 Å². The van der Waals surface area contributed by atoms with Crippen molar-refractivity contribution in [3.8, 4) is 0 Å². The highest BCUT2D eigenvalue weighted by Crippen LogP contribution is 2.42. The summed E-state index contributed by atoms with van der Waals surface area (Å²) in [6, 6.07) is 10.5.